The summed E-state index contributed by atoms with van der Waals surface area (Å²) in [6, 6.07) is 0. The third-order valence-corrected chi connectivity index (χ3v) is 10.1. The summed E-state index contributed by atoms with van der Waals surface area (Å²) in [6.45, 7) is 22.0. The Balaban J connectivity index is 6.41. The molecule has 0 heterocycles. The highest BCUT2D eigenvalue weighted by atomic mass is 31.2. The van der Waals surface area contributed by atoms with Gasteiger partial charge in [-0.2, -0.15) is 0 Å². The molecular weight excluding hydrogens is 695 g/mol. The lowest BCUT2D eigenvalue weighted by Gasteiger charge is -2.29. The van der Waals surface area contributed by atoms with E-state index in [1.807, 2.05) is 0 Å². The zero-order chi connectivity index (χ0) is 39.9. The van der Waals surface area contributed by atoms with Gasteiger partial charge in [-0.1, -0.05) is 156 Å². The number of carbonyl (C=O) groups excluding carboxylic acids is 3. The van der Waals surface area contributed by atoms with Crippen molar-refractivity contribution in [2.24, 2.45) is 0 Å². The molecule has 53 heavy (non-hydrogen) atoms. The monoisotopic (exact) mass is 771 g/mol. The maximum Gasteiger partial charge on any atom is 0.484 e. The van der Waals surface area contributed by atoms with Crippen molar-refractivity contribution in [3.8, 4) is 0 Å². The first-order chi connectivity index (χ1) is 25.3. The largest absolute Gasteiger partial charge is 0.484 e. The lowest BCUT2D eigenvalue weighted by molar-refractivity contribution is -0.181. The Kier molecular flexibility index (Phi) is 30.7. The van der Waals surface area contributed by atoms with E-state index in [4.69, 9.17) is 27.8 Å². The molecule has 0 aromatic rings. The van der Waals surface area contributed by atoms with Crippen molar-refractivity contribution in [3.05, 3.63) is 36.5 Å². The maximum absolute atomic E-state index is 14.8. The van der Waals surface area contributed by atoms with Gasteiger partial charge in [-0.05, 0) is 40.0 Å². The summed E-state index contributed by atoms with van der Waals surface area (Å²) >= 11 is 0. The van der Waals surface area contributed by atoms with E-state index in [-0.39, 0.29) is 36.0 Å². The Morgan fingerprint density at radius 1 is 0.415 bits per heavy atom. The highest BCUT2D eigenvalue weighted by molar-refractivity contribution is 7.48. The number of carbonyl (C=O) groups is 3. The summed E-state index contributed by atoms with van der Waals surface area (Å²) < 4.78 is 49.6. The van der Waals surface area contributed by atoms with Crippen molar-refractivity contribution in [3.63, 3.8) is 0 Å². The van der Waals surface area contributed by atoms with E-state index >= 15 is 0 Å². The molecule has 0 saturated heterocycles. The van der Waals surface area contributed by atoms with Crippen LogP contribution in [0.4, 0.5) is 0 Å². The zero-order valence-electron chi connectivity index (χ0n) is 34.4. The van der Waals surface area contributed by atoms with Gasteiger partial charge in [0.05, 0.1) is 0 Å². The summed E-state index contributed by atoms with van der Waals surface area (Å²) in [5.41, 5.74) is 0.401. The lowest BCUT2D eigenvalue weighted by atomic mass is 10.1. The fourth-order valence-electron chi connectivity index (χ4n) is 5.37. The van der Waals surface area contributed by atoms with Gasteiger partial charge in [0.25, 0.3) is 0 Å². The normalized spacial score (nSPS) is 14.1. The van der Waals surface area contributed by atoms with Crippen molar-refractivity contribution in [2.45, 2.75) is 215 Å². The molecule has 0 bridgehead atoms. The highest BCUT2D eigenvalue weighted by Gasteiger charge is 2.40. The van der Waals surface area contributed by atoms with Crippen LogP contribution >= 0.6 is 7.82 Å². The first-order valence-electron chi connectivity index (χ1n) is 20.5. The number of phosphoric acid groups is 1. The Morgan fingerprint density at radius 2 is 0.623 bits per heavy atom. The number of hydrogen-bond acceptors (Lipinski definition) is 10. The molecular formula is C42H75O10P. The fourth-order valence-corrected chi connectivity index (χ4v) is 6.83. The second-order valence-corrected chi connectivity index (χ2v) is 15.9. The molecule has 0 radical (unpaired) electrons. The summed E-state index contributed by atoms with van der Waals surface area (Å²) in [6.07, 6.45) is 17.5. The van der Waals surface area contributed by atoms with E-state index in [2.05, 4.69) is 40.5 Å². The number of rotatable bonds is 36. The quantitative estimate of drug-likeness (QED) is 0.0152. The van der Waals surface area contributed by atoms with E-state index in [0.29, 0.717) is 19.3 Å². The van der Waals surface area contributed by atoms with Gasteiger partial charge in [-0.3, -0.25) is 0 Å². The molecule has 0 aliphatic heterocycles. The van der Waals surface area contributed by atoms with Gasteiger partial charge in [0.1, 0.15) is 0 Å². The zero-order valence-corrected chi connectivity index (χ0v) is 35.2. The summed E-state index contributed by atoms with van der Waals surface area (Å²) in [7, 11) is -4.78. The van der Waals surface area contributed by atoms with Crippen LogP contribution in [0.15, 0.2) is 36.5 Å². The van der Waals surface area contributed by atoms with Gasteiger partial charge in [0, 0.05) is 36.0 Å². The second-order valence-electron chi connectivity index (χ2n) is 14.3. The van der Waals surface area contributed by atoms with Crippen LogP contribution < -0.4 is 0 Å². The molecule has 10 nitrogen and oxygen atoms in total. The van der Waals surface area contributed by atoms with Crippen LogP contribution in [-0.4, -0.2) is 36.8 Å². The minimum absolute atomic E-state index is 0.134. The van der Waals surface area contributed by atoms with Crippen LogP contribution in [0, 0.1) is 0 Å². The molecule has 0 amide bonds. The summed E-state index contributed by atoms with van der Waals surface area (Å²) in [4.78, 5) is 38.2. The SMILES string of the molecule is C=C(C)C(=O)OC(CCCCCCCCC)OP(=O)(OC(CCCCCCCCC)OC(=O)C(=C)C)OC(CCCCCCCCC)OC(=O)C(=C)C. The van der Waals surface area contributed by atoms with Crippen molar-refractivity contribution in [2.75, 3.05) is 0 Å². The van der Waals surface area contributed by atoms with Crippen molar-refractivity contribution in [1.82, 2.24) is 0 Å². The van der Waals surface area contributed by atoms with Gasteiger partial charge in [-0.15, -0.1) is 0 Å². The van der Waals surface area contributed by atoms with Crippen LogP contribution in [0.1, 0.15) is 196 Å². The van der Waals surface area contributed by atoms with E-state index < -0.39 is 44.6 Å². The fraction of sp³-hybridized carbons (Fsp3) is 0.786. The van der Waals surface area contributed by atoms with Crippen LogP contribution in [-0.2, 0) is 46.7 Å². The minimum atomic E-state index is -4.78. The number of hydrogen-bond donors (Lipinski definition) is 0. The molecule has 0 aliphatic carbocycles. The van der Waals surface area contributed by atoms with E-state index in [0.717, 1.165) is 96.3 Å². The molecule has 3 unspecified atom stereocenters. The topological polar surface area (TPSA) is 124 Å². The molecule has 0 spiro atoms. The van der Waals surface area contributed by atoms with Crippen molar-refractivity contribution < 1.29 is 46.7 Å². The molecule has 0 N–H and O–H groups in total. The molecule has 0 aromatic carbocycles. The van der Waals surface area contributed by atoms with E-state index in [1.54, 1.807) is 0 Å². The maximum atomic E-state index is 14.8. The molecule has 0 fully saturated rings. The third-order valence-electron chi connectivity index (χ3n) is 8.63. The lowest BCUT2D eigenvalue weighted by Crippen LogP contribution is -2.28. The Hall–Kier alpha value is -2.26. The van der Waals surface area contributed by atoms with Gasteiger partial charge in [-0.25, -0.2) is 32.5 Å². The molecule has 0 aliphatic rings. The first kappa shape index (κ1) is 50.7. The Labute approximate surface area is 322 Å². The average molecular weight is 771 g/mol. The molecule has 308 valence electrons. The number of ether oxygens (including phenoxy) is 3. The number of phosphoric ester groups is 1. The summed E-state index contributed by atoms with van der Waals surface area (Å²) in [5.74, 6) is -2.19. The highest BCUT2D eigenvalue weighted by Crippen LogP contribution is 2.54. The van der Waals surface area contributed by atoms with E-state index in [9.17, 15) is 18.9 Å². The Bertz CT molecular complexity index is 970. The van der Waals surface area contributed by atoms with Gasteiger partial charge >= 0.3 is 25.7 Å². The van der Waals surface area contributed by atoms with Crippen LogP contribution in [0.25, 0.3) is 0 Å². The standard InChI is InChI=1S/C42H75O10P/c1-10-13-16-19-22-25-28-31-37(47-40(43)34(4)5)50-53(46,51-38(48-41(44)35(6)7)32-29-26-23-20-17-14-11-2)52-39(49-42(45)36(8)9)33-30-27-24-21-18-15-12-3/h37-39H,4,6,8,10-33H2,1-3,5,7,9H3. The average Bonchev–Trinajstić information content (AvgIpc) is 3.09. The molecule has 0 aromatic heterocycles. The predicted molar refractivity (Wildman–Crippen MR) is 213 cm³/mol. The van der Waals surface area contributed by atoms with Gasteiger partial charge in [0.2, 0.25) is 18.9 Å². The Morgan fingerprint density at radius 3 is 0.830 bits per heavy atom. The second kappa shape index (κ2) is 32.0. The number of unbranched alkanes of at least 4 members (excludes halogenated alkanes) is 18. The van der Waals surface area contributed by atoms with Crippen molar-refractivity contribution >= 4 is 25.7 Å². The smallest absolute Gasteiger partial charge is 0.432 e. The molecule has 0 rings (SSSR count). The van der Waals surface area contributed by atoms with E-state index in [1.165, 1.54) is 40.0 Å². The first-order valence-corrected chi connectivity index (χ1v) is 22.0. The molecule has 0 saturated carbocycles. The van der Waals surface area contributed by atoms with Gasteiger partial charge in [0.15, 0.2) is 0 Å². The summed E-state index contributed by atoms with van der Waals surface area (Å²) in [5, 5.41) is 0. The third kappa shape index (κ3) is 27.9. The van der Waals surface area contributed by atoms with Crippen LogP contribution in [0.5, 0.6) is 0 Å². The van der Waals surface area contributed by atoms with Gasteiger partial charge < -0.3 is 14.2 Å². The molecule has 11 heteroatoms. The van der Waals surface area contributed by atoms with Crippen LogP contribution in [0.2, 0.25) is 0 Å². The predicted octanol–water partition coefficient (Wildman–Crippen LogP) is 12.9. The number of esters is 3. The molecule has 3 atom stereocenters. The van der Waals surface area contributed by atoms with Crippen LogP contribution in [0.3, 0.4) is 0 Å². The van der Waals surface area contributed by atoms with Crippen molar-refractivity contribution in [1.29, 1.82) is 0 Å². The minimum Gasteiger partial charge on any atom is -0.432 e.